The van der Waals surface area contributed by atoms with Crippen molar-refractivity contribution in [3.8, 4) is 11.8 Å². The first-order valence-electron chi connectivity index (χ1n) is 11.1. The van der Waals surface area contributed by atoms with Crippen LogP contribution >= 0.6 is 35.1 Å². The number of carbonyl (C=O) groups excluding carboxylic acids is 3. The average molecular weight is 556 g/mol. The van der Waals surface area contributed by atoms with Gasteiger partial charge in [0.2, 0.25) is 5.91 Å². The molecule has 37 heavy (non-hydrogen) atoms. The number of nitrogens with one attached hydrogen (secondary N) is 1. The Morgan fingerprint density at radius 2 is 1.81 bits per heavy atom. The maximum atomic E-state index is 13.2. The topological polar surface area (TPSA) is 99.5 Å². The molecule has 0 aliphatic rings. The third-order valence-corrected chi connectivity index (χ3v) is 6.60. The van der Waals surface area contributed by atoms with Gasteiger partial charge in [0.05, 0.1) is 17.2 Å². The van der Waals surface area contributed by atoms with Gasteiger partial charge in [-0.25, -0.2) is 0 Å². The van der Waals surface area contributed by atoms with Gasteiger partial charge in [-0.1, -0.05) is 30.1 Å². The fraction of sp³-hybridized carbons (Fsp3) is 0.185. The lowest BCUT2D eigenvalue weighted by molar-refractivity contribution is -0.125. The van der Waals surface area contributed by atoms with Crippen molar-refractivity contribution >= 4 is 58.4 Å². The number of halogens is 2. The van der Waals surface area contributed by atoms with Crippen LogP contribution in [0.1, 0.15) is 40.4 Å². The predicted octanol–water partition coefficient (Wildman–Crippen LogP) is 6.30. The molecule has 0 aliphatic heterocycles. The highest BCUT2D eigenvalue weighted by molar-refractivity contribution is 7.97. The van der Waals surface area contributed by atoms with E-state index < -0.39 is 11.7 Å². The van der Waals surface area contributed by atoms with Gasteiger partial charge < -0.3 is 10.1 Å². The Morgan fingerprint density at radius 1 is 1.05 bits per heavy atom. The van der Waals surface area contributed by atoms with Crippen molar-refractivity contribution in [2.75, 3.05) is 19.0 Å². The standard InChI is InChI=1S/C27H23Cl2N3O4S/c1-4-26(34)32(3)37-21-6-7-23(16(2)9-21)31-25(33)15-36-24-8-5-19(28)13-22(24)27(35)18-10-17(14-30)11-20(29)12-18/h5-13H,4,15H2,1-3H3,(H,31,33). The van der Waals surface area contributed by atoms with Gasteiger partial charge in [-0.2, -0.15) is 5.26 Å². The minimum Gasteiger partial charge on any atom is -0.483 e. The second-order valence-electron chi connectivity index (χ2n) is 7.96. The summed E-state index contributed by atoms with van der Waals surface area (Å²) in [5, 5.41) is 12.5. The number of benzene rings is 3. The van der Waals surface area contributed by atoms with Crippen LogP contribution in [0, 0.1) is 18.3 Å². The van der Waals surface area contributed by atoms with Gasteiger partial charge in [0.1, 0.15) is 5.75 Å². The zero-order valence-corrected chi connectivity index (χ0v) is 22.6. The highest BCUT2D eigenvalue weighted by Crippen LogP contribution is 2.28. The normalized spacial score (nSPS) is 10.4. The summed E-state index contributed by atoms with van der Waals surface area (Å²) in [6.45, 7) is 3.29. The smallest absolute Gasteiger partial charge is 0.262 e. The van der Waals surface area contributed by atoms with E-state index in [1.54, 1.807) is 30.4 Å². The van der Waals surface area contributed by atoms with E-state index in [-0.39, 0.29) is 40.0 Å². The lowest BCUT2D eigenvalue weighted by Crippen LogP contribution is -2.21. The third kappa shape index (κ3) is 7.49. The Labute approximate surface area is 229 Å². The van der Waals surface area contributed by atoms with Crippen LogP contribution in [-0.2, 0) is 9.59 Å². The molecule has 2 amide bonds. The molecule has 0 aromatic heterocycles. The summed E-state index contributed by atoms with van der Waals surface area (Å²) in [6, 6.07) is 16.2. The van der Waals surface area contributed by atoms with Gasteiger partial charge in [-0.15, -0.1) is 0 Å². The number of aryl methyl sites for hydroxylation is 1. The Balaban J connectivity index is 1.71. The molecule has 0 heterocycles. The highest BCUT2D eigenvalue weighted by atomic mass is 35.5. The minimum absolute atomic E-state index is 0.0121. The molecule has 190 valence electrons. The van der Waals surface area contributed by atoms with Crippen molar-refractivity contribution < 1.29 is 19.1 Å². The fourth-order valence-electron chi connectivity index (χ4n) is 3.34. The van der Waals surface area contributed by atoms with Crippen molar-refractivity contribution in [3.05, 3.63) is 86.9 Å². The quantitative estimate of drug-likeness (QED) is 0.245. The summed E-state index contributed by atoms with van der Waals surface area (Å²) in [5.41, 5.74) is 1.98. The Morgan fingerprint density at radius 3 is 2.49 bits per heavy atom. The van der Waals surface area contributed by atoms with Crippen molar-refractivity contribution in [3.63, 3.8) is 0 Å². The lowest BCUT2D eigenvalue weighted by atomic mass is 10.0. The number of rotatable bonds is 9. The minimum atomic E-state index is -0.452. The van der Waals surface area contributed by atoms with Crippen LogP contribution in [-0.4, -0.2) is 35.6 Å². The summed E-state index contributed by atoms with van der Waals surface area (Å²) in [6.07, 6.45) is 0.414. The lowest BCUT2D eigenvalue weighted by Gasteiger charge is -2.16. The van der Waals surface area contributed by atoms with Gasteiger partial charge in [0.15, 0.2) is 12.4 Å². The molecule has 3 rings (SSSR count). The van der Waals surface area contributed by atoms with E-state index in [2.05, 4.69) is 5.32 Å². The van der Waals surface area contributed by atoms with Crippen molar-refractivity contribution in [2.45, 2.75) is 25.2 Å². The number of hydrogen-bond donors (Lipinski definition) is 1. The first-order chi connectivity index (χ1) is 17.6. The Bertz CT molecular complexity index is 1400. The summed E-state index contributed by atoms with van der Waals surface area (Å²) >= 11 is 13.5. The van der Waals surface area contributed by atoms with Crippen LogP contribution in [0.4, 0.5) is 5.69 Å². The van der Waals surface area contributed by atoms with Gasteiger partial charge in [0, 0.05) is 39.7 Å². The largest absolute Gasteiger partial charge is 0.483 e. The summed E-state index contributed by atoms with van der Waals surface area (Å²) < 4.78 is 7.24. The Hall–Kier alpha value is -3.51. The van der Waals surface area contributed by atoms with Gasteiger partial charge in [-0.05, 0) is 79.0 Å². The van der Waals surface area contributed by atoms with E-state index in [9.17, 15) is 19.6 Å². The maximum absolute atomic E-state index is 13.2. The van der Waals surface area contributed by atoms with E-state index >= 15 is 0 Å². The molecule has 0 unspecified atom stereocenters. The zero-order valence-electron chi connectivity index (χ0n) is 20.3. The number of amides is 2. The first-order valence-corrected chi connectivity index (χ1v) is 12.7. The molecule has 0 bridgehead atoms. The number of anilines is 1. The molecular formula is C27H23Cl2N3O4S. The first kappa shape index (κ1) is 28.1. The average Bonchev–Trinajstić information content (AvgIpc) is 2.88. The van der Waals surface area contributed by atoms with Crippen molar-refractivity contribution in [2.24, 2.45) is 0 Å². The SMILES string of the molecule is CCC(=O)N(C)Sc1ccc(NC(=O)COc2ccc(Cl)cc2C(=O)c2cc(Cl)cc(C#N)c2)c(C)c1. The van der Waals surface area contributed by atoms with Crippen LogP contribution < -0.4 is 10.1 Å². The van der Waals surface area contributed by atoms with Crippen LogP contribution in [0.25, 0.3) is 0 Å². The number of ketones is 1. The van der Waals surface area contributed by atoms with E-state index in [0.717, 1.165) is 10.5 Å². The van der Waals surface area contributed by atoms with Gasteiger partial charge in [-0.3, -0.25) is 18.7 Å². The molecular weight excluding hydrogens is 533 g/mol. The second kappa shape index (κ2) is 12.6. The number of ether oxygens (including phenoxy) is 1. The number of nitrogens with zero attached hydrogens (tertiary/aromatic N) is 2. The highest BCUT2D eigenvalue weighted by Gasteiger charge is 2.18. The van der Waals surface area contributed by atoms with E-state index in [4.69, 9.17) is 27.9 Å². The molecule has 10 heteroatoms. The molecule has 0 fully saturated rings. The van der Waals surface area contributed by atoms with Crippen LogP contribution in [0.15, 0.2) is 59.5 Å². The Kier molecular flexibility index (Phi) is 9.59. The van der Waals surface area contributed by atoms with Crippen LogP contribution in [0.2, 0.25) is 10.0 Å². The van der Waals surface area contributed by atoms with Crippen LogP contribution in [0.5, 0.6) is 5.75 Å². The molecule has 7 nitrogen and oxygen atoms in total. The second-order valence-corrected chi connectivity index (χ2v) is 10.0. The van der Waals surface area contributed by atoms with E-state index in [1.807, 2.05) is 25.1 Å². The fourth-order valence-corrected chi connectivity index (χ4v) is 4.65. The molecule has 0 saturated carbocycles. The molecule has 0 radical (unpaired) electrons. The third-order valence-electron chi connectivity index (χ3n) is 5.20. The van der Waals surface area contributed by atoms with E-state index in [1.165, 1.54) is 42.3 Å². The summed E-state index contributed by atoms with van der Waals surface area (Å²) in [4.78, 5) is 38.4. The van der Waals surface area contributed by atoms with Crippen molar-refractivity contribution in [1.82, 2.24) is 4.31 Å². The number of nitriles is 1. The van der Waals surface area contributed by atoms with Crippen LogP contribution in [0.3, 0.4) is 0 Å². The molecule has 0 spiro atoms. The van der Waals surface area contributed by atoms with E-state index in [0.29, 0.717) is 17.1 Å². The maximum Gasteiger partial charge on any atom is 0.262 e. The molecule has 0 atom stereocenters. The molecule has 1 N–H and O–H groups in total. The zero-order chi connectivity index (χ0) is 27.1. The molecule has 3 aromatic carbocycles. The molecule has 0 aliphatic carbocycles. The monoisotopic (exact) mass is 555 g/mol. The molecule has 0 saturated heterocycles. The number of hydrogen-bond acceptors (Lipinski definition) is 6. The van der Waals surface area contributed by atoms with Crippen molar-refractivity contribution in [1.29, 1.82) is 5.26 Å². The summed E-state index contributed by atoms with van der Waals surface area (Å²) in [5.74, 6) is -0.703. The molecule has 3 aromatic rings. The number of carbonyl (C=O) groups is 3. The van der Waals surface area contributed by atoms with Gasteiger partial charge >= 0.3 is 0 Å². The predicted molar refractivity (Wildman–Crippen MR) is 145 cm³/mol. The van der Waals surface area contributed by atoms with Gasteiger partial charge in [0.25, 0.3) is 5.91 Å². The summed E-state index contributed by atoms with van der Waals surface area (Å²) in [7, 11) is 1.71.